The second-order valence-electron chi connectivity index (χ2n) is 16.8. The first-order valence-electron chi connectivity index (χ1n) is 20.6. The molecule has 4 aliphatic carbocycles. The number of imidazole rings is 1. The predicted molar refractivity (Wildman–Crippen MR) is 229 cm³/mol. The Morgan fingerprint density at radius 3 is 2.02 bits per heavy atom. The molecular weight excluding hydrogens is 697 g/mol. The van der Waals surface area contributed by atoms with E-state index in [9.17, 15) is 0 Å². The fraction of sp³-hybridized carbons (Fsp3) is 0.192. The van der Waals surface area contributed by atoms with E-state index in [1.165, 1.54) is 54.0 Å². The molecule has 4 aliphatic rings. The number of hydrogen-bond acceptors (Lipinski definition) is 3. The molecule has 4 saturated carbocycles. The number of hydrogen-bond donors (Lipinski definition) is 0. The van der Waals surface area contributed by atoms with Crippen molar-refractivity contribution >= 4 is 32.8 Å². The molecule has 57 heavy (non-hydrogen) atoms. The maximum Gasteiger partial charge on any atom is 0.137 e. The molecule has 0 amide bonds. The first kappa shape index (κ1) is 32.8. The summed E-state index contributed by atoms with van der Waals surface area (Å²) >= 11 is 0. The van der Waals surface area contributed by atoms with Gasteiger partial charge < -0.3 is 4.74 Å². The standard InChI is InChI=1S/C52H42N4O/c1-3-11-36(12-4-1)37-28-42(55-33-54-47-16-8-10-18-49(47)55)31-44(29-37)57-43-19-20-46-45-15-7-9-17-48(45)56(50(46)32-43)51-30-39(21-22-53-51)52(38-13-5-2-6-14-38)40-24-34-23-35(26-40)27-41(52)25-34/h1-22,28-35,40-41H,23-27H2. The van der Waals surface area contributed by atoms with Crippen LogP contribution in [0.4, 0.5) is 0 Å². The molecule has 9 aromatic rings. The molecule has 0 atom stereocenters. The summed E-state index contributed by atoms with van der Waals surface area (Å²) in [5, 5.41) is 2.39. The Morgan fingerprint density at radius 1 is 0.509 bits per heavy atom. The molecule has 4 fully saturated rings. The molecular formula is C52H42N4O. The molecule has 13 rings (SSSR count). The lowest BCUT2D eigenvalue weighted by molar-refractivity contribution is -0.0418. The molecule has 0 unspecified atom stereocenters. The summed E-state index contributed by atoms with van der Waals surface area (Å²) in [5.74, 6) is 5.56. The molecule has 3 aromatic heterocycles. The van der Waals surface area contributed by atoms with Gasteiger partial charge in [0.15, 0.2) is 0 Å². The lowest BCUT2D eigenvalue weighted by atomic mass is 9.42. The fourth-order valence-electron chi connectivity index (χ4n) is 11.7. The van der Waals surface area contributed by atoms with Crippen LogP contribution in [0, 0.1) is 23.7 Å². The molecule has 276 valence electrons. The van der Waals surface area contributed by atoms with E-state index in [2.05, 4.69) is 161 Å². The third-order valence-electron chi connectivity index (χ3n) is 13.7. The van der Waals surface area contributed by atoms with Gasteiger partial charge in [0, 0.05) is 34.5 Å². The number of benzene rings is 6. The van der Waals surface area contributed by atoms with Gasteiger partial charge >= 0.3 is 0 Å². The van der Waals surface area contributed by atoms with Crippen LogP contribution in [0.15, 0.2) is 170 Å². The van der Waals surface area contributed by atoms with E-state index in [4.69, 9.17) is 14.7 Å². The maximum absolute atomic E-state index is 6.88. The van der Waals surface area contributed by atoms with Gasteiger partial charge in [-0.3, -0.25) is 9.13 Å². The first-order valence-corrected chi connectivity index (χ1v) is 20.6. The maximum atomic E-state index is 6.88. The van der Waals surface area contributed by atoms with Crippen molar-refractivity contribution in [3.05, 3.63) is 181 Å². The molecule has 6 aromatic carbocycles. The smallest absolute Gasteiger partial charge is 0.137 e. The van der Waals surface area contributed by atoms with E-state index >= 15 is 0 Å². The van der Waals surface area contributed by atoms with Crippen LogP contribution in [0.2, 0.25) is 0 Å². The van der Waals surface area contributed by atoms with Gasteiger partial charge in [-0.05, 0) is 133 Å². The van der Waals surface area contributed by atoms with Gasteiger partial charge in [-0.15, -0.1) is 0 Å². The molecule has 3 heterocycles. The lowest BCUT2D eigenvalue weighted by Crippen LogP contribution is -2.56. The number of rotatable bonds is 7. The molecule has 5 heteroatoms. The molecule has 4 bridgehead atoms. The van der Waals surface area contributed by atoms with Crippen LogP contribution in [-0.2, 0) is 5.41 Å². The van der Waals surface area contributed by atoms with Crippen molar-refractivity contribution in [2.45, 2.75) is 37.5 Å². The summed E-state index contributed by atoms with van der Waals surface area (Å²) in [6, 6.07) is 56.7. The Hall–Kier alpha value is -6.46. The molecule has 0 spiro atoms. The Bertz CT molecular complexity index is 2930. The second kappa shape index (κ2) is 12.8. The predicted octanol–water partition coefficient (Wildman–Crippen LogP) is 12.7. The van der Waals surface area contributed by atoms with E-state index in [0.29, 0.717) is 11.8 Å². The molecule has 5 nitrogen and oxygen atoms in total. The van der Waals surface area contributed by atoms with E-state index in [-0.39, 0.29) is 5.41 Å². The average molecular weight is 739 g/mol. The van der Waals surface area contributed by atoms with Crippen LogP contribution in [0.25, 0.3) is 55.5 Å². The Kier molecular flexibility index (Phi) is 7.35. The van der Waals surface area contributed by atoms with Crippen molar-refractivity contribution in [1.29, 1.82) is 0 Å². The first-order chi connectivity index (χ1) is 28.2. The van der Waals surface area contributed by atoms with Crippen LogP contribution in [0.3, 0.4) is 0 Å². The lowest BCUT2D eigenvalue weighted by Gasteiger charge is -2.62. The normalized spacial score (nSPS) is 22.5. The second-order valence-corrected chi connectivity index (χ2v) is 16.8. The number of ether oxygens (including phenoxy) is 1. The quantitative estimate of drug-likeness (QED) is 0.164. The average Bonchev–Trinajstić information content (AvgIpc) is 3.84. The highest BCUT2D eigenvalue weighted by Gasteiger charge is 2.58. The summed E-state index contributed by atoms with van der Waals surface area (Å²) in [7, 11) is 0. The minimum absolute atomic E-state index is 0.00143. The summed E-state index contributed by atoms with van der Waals surface area (Å²) in [6.07, 6.45) is 10.7. The van der Waals surface area contributed by atoms with Gasteiger partial charge in [-0.2, -0.15) is 0 Å². The topological polar surface area (TPSA) is 44.9 Å². The highest BCUT2D eigenvalue weighted by atomic mass is 16.5. The highest BCUT2D eigenvalue weighted by Crippen LogP contribution is 2.65. The van der Waals surface area contributed by atoms with Gasteiger partial charge in [0.2, 0.25) is 0 Å². The van der Waals surface area contributed by atoms with Gasteiger partial charge in [-0.25, -0.2) is 9.97 Å². The highest BCUT2D eigenvalue weighted by molar-refractivity contribution is 6.09. The number of aromatic nitrogens is 4. The molecule has 0 N–H and O–H groups in total. The van der Waals surface area contributed by atoms with Crippen molar-refractivity contribution in [2.75, 3.05) is 0 Å². The van der Waals surface area contributed by atoms with E-state index in [1.807, 2.05) is 18.5 Å². The van der Waals surface area contributed by atoms with Gasteiger partial charge in [0.05, 0.1) is 27.8 Å². The van der Waals surface area contributed by atoms with Crippen LogP contribution >= 0.6 is 0 Å². The largest absolute Gasteiger partial charge is 0.457 e. The molecule has 0 radical (unpaired) electrons. The van der Waals surface area contributed by atoms with Gasteiger partial charge in [0.25, 0.3) is 0 Å². The van der Waals surface area contributed by atoms with Crippen molar-refractivity contribution < 1.29 is 4.74 Å². The third kappa shape index (κ3) is 5.14. The number of fused-ring (bicyclic) bond motifs is 4. The number of nitrogens with zero attached hydrogens (tertiary/aromatic N) is 4. The number of para-hydroxylation sites is 3. The van der Waals surface area contributed by atoms with Crippen LogP contribution in [0.1, 0.15) is 43.2 Å². The minimum atomic E-state index is 0.00143. The van der Waals surface area contributed by atoms with E-state index < -0.39 is 0 Å². The molecule has 0 aliphatic heterocycles. The zero-order chi connectivity index (χ0) is 37.5. The van der Waals surface area contributed by atoms with Crippen molar-refractivity contribution in [2.24, 2.45) is 23.7 Å². The van der Waals surface area contributed by atoms with Gasteiger partial charge in [0.1, 0.15) is 23.6 Å². The van der Waals surface area contributed by atoms with Crippen molar-refractivity contribution in [3.8, 4) is 34.1 Å². The molecule has 0 saturated heterocycles. The Morgan fingerprint density at radius 2 is 1.21 bits per heavy atom. The summed E-state index contributed by atoms with van der Waals surface area (Å²) in [4.78, 5) is 9.85. The minimum Gasteiger partial charge on any atom is -0.457 e. The Labute approximate surface area is 332 Å². The summed E-state index contributed by atoms with van der Waals surface area (Å²) < 4.78 is 11.4. The van der Waals surface area contributed by atoms with E-state index in [0.717, 1.165) is 68.0 Å². The Balaban J connectivity index is 0.998. The van der Waals surface area contributed by atoms with E-state index in [1.54, 1.807) is 0 Å². The van der Waals surface area contributed by atoms with Crippen molar-refractivity contribution in [3.63, 3.8) is 0 Å². The third-order valence-corrected chi connectivity index (χ3v) is 13.7. The fourth-order valence-corrected chi connectivity index (χ4v) is 11.7. The van der Waals surface area contributed by atoms with Gasteiger partial charge in [-0.1, -0.05) is 91.0 Å². The van der Waals surface area contributed by atoms with Crippen LogP contribution in [0.5, 0.6) is 11.5 Å². The summed E-state index contributed by atoms with van der Waals surface area (Å²) in [5.41, 5.74) is 10.3. The monoisotopic (exact) mass is 738 g/mol. The van der Waals surface area contributed by atoms with Crippen LogP contribution in [-0.4, -0.2) is 19.1 Å². The SMILES string of the molecule is c1ccc(-c2cc(Oc3ccc4c5ccccc5n(-c5cc(C6(c7ccccc7)C7CC8CC(C7)CC6C8)ccn5)c4c3)cc(-n3cnc4ccccc43)c2)cc1. The van der Waals surface area contributed by atoms with Crippen LogP contribution < -0.4 is 4.74 Å². The number of pyridine rings is 1. The summed E-state index contributed by atoms with van der Waals surface area (Å²) in [6.45, 7) is 0. The zero-order valence-corrected chi connectivity index (χ0v) is 31.7. The van der Waals surface area contributed by atoms with Crippen molar-refractivity contribution in [1.82, 2.24) is 19.1 Å². The zero-order valence-electron chi connectivity index (χ0n) is 31.7.